The number of nitrogens with one attached hydrogen (secondary N) is 1. The van der Waals surface area contributed by atoms with Gasteiger partial charge in [0.2, 0.25) is 10.0 Å². The van der Waals surface area contributed by atoms with Gasteiger partial charge in [0, 0.05) is 5.02 Å². The molecule has 0 saturated heterocycles. The van der Waals surface area contributed by atoms with E-state index in [0.717, 1.165) is 12.1 Å². The first-order valence-electron chi connectivity index (χ1n) is 5.09. The molecule has 3 N–H and O–H groups in total. The first-order chi connectivity index (χ1) is 7.93. The van der Waals surface area contributed by atoms with Crippen LogP contribution in [0.5, 0.6) is 0 Å². The summed E-state index contributed by atoms with van der Waals surface area (Å²) in [5.41, 5.74) is 5.40. The molecule has 7 heteroatoms. The molecule has 0 radical (unpaired) electrons. The van der Waals surface area contributed by atoms with Crippen molar-refractivity contribution >= 4 is 27.3 Å². The minimum atomic E-state index is -3.47. The molecule has 96 valence electrons. The number of unbranched alkanes of at least 4 members (excludes halogenated alkanes) is 1. The Hall–Kier alpha value is -0.850. The summed E-state index contributed by atoms with van der Waals surface area (Å²) in [6, 6.07) is 3.53. The second-order valence-electron chi connectivity index (χ2n) is 3.57. The molecule has 0 aromatic heterocycles. The maximum atomic E-state index is 13.0. The monoisotopic (exact) mass is 280 g/mol. The van der Waals surface area contributed by atoms with E-state index in [1.807, 2.05) is 0 Å². The molecule has 0 saturated carbocycles. The number of hydrogen-bond donors (Lipinski definition) is 2. The third kappa shape index (κ3) is 5.34. The molecular weight excluding hydrogens is 267 g/mol. The molecule has 1 rings (SSSR count). The molecule has 0 aliphatic carbocycles. The van der Waals surface area contributed by atoms with E-state index in [-0.39, 0.29) is 16.5 Å². The van der Waals surface area contributed by atoms with Crippen molar-refractivity contribution in [2.75, 3.05) is 17.0 Å². The van der Waals surface area contributed by atoms with Gasteiger partial charge in [-0.3, -0.25) is 4.72 Å². The average Bonchev–Trinajstić information content (AvgIpc) is 2.14. The lowest BCUT2D eigenvalue weighted by molar-refractivity contribution is 0.597. The lowest BCUT2D eigenvalue weighted by Crippen LogP contribution is -2.17. The Bertz CT molecular complexity index is 459. The quantitative estimate of drug-likeness (QED) is 0.783. The molecule has 0 spiro atoms. The Kier molecular flexibility index (Phi) is 5.17. The van der Waals surface area contributed by atoms with Crippen LogP contribution in [0.3, 0.4) is 0 Å². The van der Waals surface area contributed by atoms with Crippen LogP contribution >= 0.6 is 11.6 Å². The minimum Gasteiger partial charge on any atom is -0.330 e. The van der Waals surface area contributed by atoms with E-state index in [4.69, 9.17) is 17.3 Å². The molecule has 4 nitrogen and oxygen atoms in total. The summed E-state index contributed by atoms with van der Waals surface area (Å²) < 4.78 is 38.4. The van der Waals surface area contributed by atoms with Gasteiger partial charge >= 0.3 is 0 Å². The van der Waals surface area contributed by atoms with Crippen LogP contribution in [0.1, 0.15) is 12.8 Å². The summed E-state index contributed by atoms with van der Waals surface area (Å²) in [5.74, 6) is -0.629. The topological polar surface area (TPSA) is 72.2 Å². The Morgan fingerprint density at radius 1 is 1.29 bits per heavy atom. The van der Waals surface area contributed by atoms with Crippen molar-refractivity contribution in [2.45, 2.75) is 12.8 Å². The highest BCUT2D eigenvalue weighted by Gasteiger charge is 2.10. The van der Waals surface area contributed by atoms with Crippen molar-refractivity contribution in [1.82, 2.24) is 0 Å². The Labute approximate surface area is 105 Å². The lowest BCUT2D eigenvalue weighted by Gasteiger charge is -2.08. The van der Waals surface area contributed by atoms with Crippen LogP contribution in [0.4, 0.5) is 10.1 Å². The predicted octanol–water partition coefficient (Wildman–Crippen LogP) is 1.96. The second-order valence-corrected chi connectivity index (χ2v) is 5.85. The van der Waals surface area contributed by atoms with Gasteiger partial charge in [-0.25, -0.2) is 12.8 Å². The van der Waals surface area contributed by atoms with Crippen molar-refractivity contribution < 1.29 is 12.8 Å². The van der Waals surface area contributed by atoms with Crippen LogP contribution in [0.15, 0.2) is 18.2 Å². The van der Waals surface area contributed by atoms with E-state index in [1.165, 1.54) is 6.07 Å². The van der Waals surface area contributed by atoms with Gasteiger partial charge < -0.3 is 5.73 Å². The van der Waals surface area contributed by atoms with Gasteiger partial charge in [-0.1, -0.05) is 11.6 Å². The molecule has 1 aromatic carbocycles. The van der Waals surface area contributed by atoms with Crippen molar-refractivity contribution in [3.05, 3.63) is 29.0 Å². The standard InChI is InChI=1S/C10H14ClFN2O2S/c11-8-5-9(12)7-10(6-8)14-17(15,16)4-2-1-3-13/h5-7,14H,1-4,13H2. The maximum absolute atomic E-state index is 13.0. The predicted molar refractivity (Wildman–Crippen MR) is 67.1 cm³/mol. The molecule has 17 heavy (non-hydrogen) atoms. The minimum absolute atomic E-state index is 0.0433. The summed E-state index contributed by atoms with van der Waals surface area (Å²) in [5, 5.41) is 0.143. The van der Waals surface area contributed by atoms with Crippen LogP contribution in [-0.2, 0) is 10.0 Å². The first kappa shape index (κ1) is 14.2. The Balaban J connectivity index is 2.69. The van der Waals surface area contributed by atoms with Gasteiger partial charge in [-0.2, -0.15) is 0 Å². The zero-order chi connectivity index (χ0) is 12.9. The largest absolute Gasteiger partial charge is 0.330 e. The number of rotatable bonds is 6. The molecule has 0 fully saturated rings. The zero-order valence-corrected chi connectivity index (χ0v) is 10.7. The van der Waals surface area contributed by atoms with Gasteiger partial charge in [0.1, 0.15) is 5.82 Å². The van der Waals surface area contributed by atoms with Crippen molar-refractivity contribution in [3.63, 3.8) is 0 Å². The van der Waals surface area contributed by atoms with Crippen molar-refractivity contribution in [1.29, 1.82) is 0 Å². The fraction of sp³-hybridized carbons (Fsp3) is 0.400. The number of nitrogens with two attached hydrogens (primary N) is 1. The number of anilines is 1. The number of benzene rings is 1. The van der Waals surface area contributed by atoms with E-state index in [2.05, 4.69) is 4.72 Å². The van der Waals surface area contributed by atoms with Crippen LogP contribution in [-0.4, -0.2) is 20.7 Å². The fourth-order valence-corrected chi connectivity index (χ4v) is 2.66. The van der Waals surface area contributed by atoms with Crippen LogP contribution in [0.2, 0.25) is 5.02 Å². The van der Waals surface area contributed by atoms with E-state index in [0.29, 0.717) is 19.4 Å². The molecule has 0 amide bonds. The van der Waals surface area contributed by atoms with E-state index in [1.54, 1.807) is 0 Å². The SMILES string of the molecule is NCCCCS(=O)(=O)Nc1cc(F)cc(Cl)c1. The summed E-state index contributed by atoms with van der Waals surface area (Å²) in [6.45, 7) is 0.446. The van der Waals surface area contributed by atoms with Crippen molar-refractivity contribution in [3.8, 4) is 0 Å². The molecular formula is C10H14ClFN2O2S. The second kappa shape index (κ2) is 6.18. The smallest absolute Gasteiger partial charge is 0.232 e. The molecule has 1 aromatic rings. The van der Waals surface area contributed by atoms with Gasteiger partial charge in [-0.15, -0.1) is 0 Å². The molecule has 0 heterocycles. The summed E-state index contributed by atoms with van der Waals surface area (Å²) in [6.07, 6.45) is 1.10. The van der Waals surface area contributed by atoms with E-state index < -0.39 is 15.8 Å². The van der Waals surface area contributed by atoms with Crippen LogP contribution < -0.4 is 10.5 Å². The molecule has 0 bridgehead atoms. The van der Waals surface area contributed by atoms with Gasteiger partial charge in [0.05, 0.1) is 11.4 Å². The van der Waals surface area contributed by atoms with Gasteiger partial charge in [0.25, 0.3) is 0 Å². The average molecular weight is 281 g/mol. The molecule has 0 aliphatic rings. The normalized spacial score (nSPS) is 11.5. The van der Waals surface area contributed by atoms with Crippen LogP contribution in [0.25, 0.3) is 0 Å². The molecule has 0 unspecified atom stereocenters. The summed E-state index contributed by atoms with van der Waals surface area (Å²) in [4.78, 5) is 0. The van der Waals surface area contributed by atoms with Crippen molar-refractivity contribution in [2.24, 2.45) is 5.73 Å². The summed E-state index contributed by atoms with van der Waals surface area (Å²) >= 11 is 5.61. The Morgan fingerprint density at radius 3 is 2.59 bits per heavy atom. The molecule has 0 aliphatic heterocycles. The lowest BCUT2D eigenvalue weighted by atomic mass is 10.3. The number of sulfonamides is 1. The highest BCUT2D eigenvalue weighted by molar-refractivity contribution is 7.92. The van der Waals surface area contributed by atoms with Crippen LogP contribution in [0, 0.1) is 5.82 Å². The highest BCUT2D eigenvalue weighted by atomic mass is 35.5. The van der Waals surface area contributed by atoms with Gasteiger partial charge in [0.15, 0.2) is 0 Å². The maximum Gasteiger partial charge on any atom is 0.232 e. The summed E-state index contributed by atoms with van der Waals surface area (Å²) in [7, 11) is -3.47. The fourth-order valence-electron chi connectivity index (χ4n) is 1.28. The molecule has 0 atom stereocenters. The van der Waals surface area contributed by atoms with E-state index >= 15 is 0 Å². The number of hydrogen-bond acceptors (Lipinski definition) is 3. The van der Waals surface area contributed by atoms with E-state index in [9.17, 15) is 12.8 Å². The number of halogens is 2. The first-order valence-corrected chi connectivity index (χ1v) is 7.12. The Morgan fingerprint density at radius 2 is 2.00 bits per heavy atom. The zero-order valence-electron chi connectivity index (χ0n) is 9.12. The van der Waals surface area contributed by atoms with Gasteiger partial charge in [-0.05, 0) is 37.6 Å². The third-order valence-electron chi connectivity index (χ3n) is 2.00. The highest BCUT2D eigenvalue weighted by Crippen LogP contribution is 2.19. The third-order valence-corrected chi connectivity index (χ3v) is 3.59.